The van der Waals surface area contributed by atoms with Crippen LogP contribution in [-0.2, 0) is 11.4 Å². The van der Waals surface area contributed by atoms with Crippen molar-refractivity contribution in [3.05, 3.63) is 93.7 Å². The van der Waals surface area contributed by atoms with Gasteiger partial charge in [0, 0.05) is 11.8 Å². The van der Waals surface area contributed by atoms with E-state index in [9.17, 15) is 9.50 Å². The molecular weight excluding hydrogens is 365 g/mol. The number of aliphatic hydroxyl groups excluding tert-OH is 1. The number of hydrogen-bond donors (Lipinski definition) is 2. The molecule has 3 aromatic rings. The van der Waals surface area contributed by atoms with E-state index in [0.29, 0.717) is 5.75 Å². The maximum atomic E-state index is 13.0. The largest absolute Gasteiger partial charge is 0.392 e. The van der Waals surface area contributed by atoms with Crippen molar-refractivity contribution in [3.63, 3.8) is 0 Å². The van der Waals surface area contributed by atoms with Gasteiger partial charge in [0.2, 0.25) is 0 Å². The highest BCUT2D eigenvalue weighted by Gasteiger charge is 2.37. The average Bonchev–Trinajstić information content (AvgIpc) is 3.24. The highest BCUT2D eigenvalue weighted by Crippen LogP contribution is 2.49. The van der Waals surface area contributed by atoms with Gasteiger partial charge in [-0.05, 0) is 39.1 Å². The molecule has 0 spiro atoms. The zero-order chi connectivity index (χ0) is 18.4. The Morgan fingerprint density at radius 2 is 1.69 bits per heavy atom. The number of nitrogens with two attached hydrogens (primary N) is 1. The molecule has 1 aromatic heterocycles. The third-order valence-corrected chi connectivity index (χ3v) is 6.78. The summed E-state index contributed by atoms with van der Waals surface area (Å²) >= 11 is 3.30. The summed E-state index contributed by atoms with van der Waals surface area (Å²) in [6.07, 6.45) is 0. The molecule has 0 saturated heterocycles. The SMILES string of the molecule is N[C@H](CF)CSC(c1ccccc1)(c1ccc(CO)cc1)c1ccsc1. The molecule has 0 aliphatic carbocycles. The number of rotatable bonds is 8. The molecule has 2 atom stereocenters. The molecule has 0 bridgehead atoms. The second kappa shape index (κ2) is 8.82. The van der Waals surface area contributed by atoms with Crippen molar-refractivity contribution in [1.29, 1.82) is 0 Å². The molecule has 5 heteroatoms. The summed E-state index contributed by atoms with van der Waals surface area (Å²) in [6.45, 7) is -0.526. The summed E-state index contributed by atoms with van der Waals surface area (Å²) in [5.41, 5.74) is 10.2. The van der Waals surface area contributed by atoms with E-state index in [1.807, 2.05) is 42.5 Å². The van der Waals surface area contributed by atoms with Crippen molar-refractivity contribution >= 4 is 23.1 Å². The summed E-state index contributed by atoms with van der Waals surface area (Å²) in [5, 5.41) is 13.6. The molecule has 0 radical (unpaired) electrons. The molecule has 136 valence electrons. The van der Waals surface area contributed by atoms with Gasteiger partial charge in [-0.1, -0.05) is 54.6 Å². The lowest BCUT2D eigenvalue weighted by atomic mass is 9.85. The highest BCUT2D eigenvalue weighted by molar-refractivity contribution is 8.00. The molecule has 1 unspecified atom stereocenters. The van der Waals surface area contributed by atoms with Crippen LogP contribution in [0.4, 0.5) is 4.39 Å². The average molecular weight is 388 g/mol. The summed E-state index contributed by atoms with van der Waals surface area (Å²) in [5.74, 6) is 0.503. The fourth-order valence-corrected chi connectivity index (χ4v) is 5.24. The van der Waals surface area contributed by atoms with E-state index in [2.05, 4.69) is 29.0 Å². The molecule has 0 aliphatic rings. The molecule has 2 nitrogen and oxygen atoms in total. The predicted octanol–water partition coefficient (Wildman–Crippen LogP) is 4.56. The monoisotopic (exact) mass is 387 g/mol. The Morgan fingerprint density at radius 1 is 1.00 bits per heavy atom. The zero-order valence-corrected chi connectivity index (χ0v) is 16.0. The van der Waals surface area contributed by atoms with E-state index < -0.39 is 17.5 Å². The first-order valence-corrected chi connectivity index (χ1v) is 10.4. The Hall–Kier alpha value is -1.66. The first-order valence-electron chi connectivity index (χ1n) is 8.44. The molecule has 3 rings (SSSR count). The fourth-order valence-electron chi connectivity index (χ4n) is 3.01. The number of thiophene rings is 1. The maximum Gasteiger partial charge on any atom is 0.105 e. The van der Waals surface area contributed by atoms with Gasteiger partial charge in [0.1, 0.15) is 6.67 Å². The molecule has 26 heavy (non-hydrogen) atoms. The van der Waals surface area contributed by atoms with Crippen LogP contribution >= 0.6 is 23.1 Å². The topological polar surface area (TPSA) is 46.2 Å². The van der Waals surface area contributed by atoms with Crippen LogP contribution in [0.1, 0.15) is 22.3 Å². The van der Waals surface area contributed by atoms with E-state index in [1.54, 1.807) is 23.1 Å². The Kier molecular flexibility index (Phi) is 6.48. The zero-order valence-electron chi connectivity index (χ0n) is 14.3. The van der Waals surface area contributed by atoms with Crippen molar-refractivity contribution in [2.24, 2.45) is 5.73 Å². The van der Waals surface area contributed by atoms with E-state index in [0.717, 1.165) is 22.3 Å². The van der Waals surface area contributed by atoms with Crippen LogP contribution in [0.25, 0.3) is 0 Å². The lowest BCUT2D eigenvalue weighted by Gasteiger charge is -2.35. The van der Waals surface area contributed by atoms with Crippen molar-refractivity contribution in [3.8, 4) is 0 Å². The Morgan fingerprint density at radius 3 is 2.27 bits per heavy atom. The van der Waals surface area contributed by atoms with Gasteiger partial charge >= 0.3 is 0 Å². The van der Waals surface area contributed by atoms with Crippen molar-refractivity contribution < 1.29 is 9.50 Å². The minimum absolute atomic E-state index is 0.0108. The number of thioether (sulfide) groups is 1. The van der Waals surface area contributed by atoms with E-state index >= 15 is 0 Å². The number of aliphatic hydroxyl groups is 1. The third-order valence-electron chi connectivity index (χ3n) is 4.36. The van der Waals surface area contributed by atoms with Gasteiger partial charge < -0.3 is 10.8 Å². The minimum atomic E-state index is -0.537. The normalized spacial score (nSPS) is 14.7. The summed E-state index contributed by atoms with van der Waals surface area (Å²) in [7, 11) is 0. The smallest absolute Gasteiger partial charge is 0.105 e. The van der Waals surface area contributed by atoms with Crippen molar-refractivity contribution in [2.45, 2.75) is 17.4 Å². The second-order valence-electron chi connectivity index (χ2n) is 6.14. The lowest BCUT2D eigenvalue weighted by Crippen LogP contribution is -2.31. The lowest BCUT2D eigenvalue weighted by molar-refractivity contribution is 0.282. The van der Waals surface area contributed by atoms with Gasteiger partial charge in [-0.3, -0.25) is 0 Å². The van der Waals surface area contributed by atoms with Crippen LogP contribution in [0.5, 0.6) is 0 Å². The summed E-state index contributed by atoms with van der Waals surface area (Å²) < 4.78 is 12.6. The molecule has 1 heterocycles. The highest BCUT2D eigenvalue weighted by atomic mass is 32.2. The number of alkyl halides is 1. The molecule has 0 saturated carbocycles. The molecular formula is C21H22FNOS2. The van der Waals surface area contributed by atoms with Crippen LogP contribution in [0, 0.1) is 0 Å². The van der Waals surface area contributed by atoms with E-state index in [-0.39, 0.29) is 6.61 Å². The number of benzene rings is 2. The fraction of sp³-hybridized carbons (Fsp3) is 0.238. The van der Waals surface area contributed by atoms with Gasteiger partial charge in [0.25, 0.3) is 0 Å². The molecule has 2 aromatic carbocycles. The minimum Gasteiger partial charge on any atom is -0.392 e. The van der Waals surface area contributed by atoms with Gasteiger partial charge in [-0.2, -0.15) is 11.3 Å². The molecule has 0 aliphatic heterocycles. The van der Waals surface area contributed by atoms with Gasteiger partial charge in [-0.25, -0.2) is 4.39 Å². The van der Waals surface area contributed by atoms with Gasteiger partial charge in [0.15, 0.2) is 0 Å². The Bertz CT molecular complexity index is 793. The van der Waals surface area contributed by atoms with Crippen LogP contribution in [0.2, 0.25) is 0 Å². The summed E-state index contributed by atoms with van der Waals surface area (Å²) in [4.78, 5) is 0. The third kappa shape index (κ3) is 3.86. The van der Waals surface area contributed by atoms with Crippen molar-refractivity contribution in [2.75, 3.05) is 12.4 Å². The summed E-state index contributed by atoms with van der Waals surface area (Å²) in [6, 6.07) is 19.8. The van der Waals surface area contributed by atoms with E-state index in [4.69, 9.17) is 5.73 Å². The second-order valence-corrected chi connectivity index (χ2v) is 8.15. The maximum absolute atomic E-state index is 13.0. The number of halogens is 1. The predicted molar refractivity (Wildman–Crippen MR) is 109 cm³/mol. The Labute approximate surface area is 161 Å². The van der Waals surface area contributed by atoms with Crippen molar-refractivity contribution in [1.82, 2.24) is 0 Å². The van der Waals surface area contributed by atoms with Crippen LogP contribution in [0.3, 0.4) is 0 Å². The molecule has 0 amide bonds. The van der Waals surface area contributed by atoms with Crippen LogP contribution in [-0.4, -0.2) is 23.6 Å². The van der Waals surface area contributed by atoms with Gasteiger partial charge in [0.05, 0.1) is 11.4 Å². The first kappa shape index (κ1) is 19.1. The Balaban J connectivity index is 2.16. The van der Waals surface area contributed by atoms with E-state index in [1.165, 1.54) is 0 Å². The standard InChI is InChI=1S/C21H22FNOS2/c22-12-20(23)15-26-21(19-10-11-25-14-19,17-4-2-1-3-5-17)18-8-6-16(13-24)7-9-18/h1-11,14,20,24H,12-13,15,23H2/t20-,21?/m1/s1. The first-order chi connectivity index (χ1) is 12.7. The molecule has 3 N–H and O–H groups in total. The number of hydrogen-bond acceptors (Lipinski definition) is 4. The van der Waals surface area contributed by atoms with Crippen LogP contribution in [0.15, 0.2) is 71.4 Å². The molecule has 0 fully saturated rings. The quantitative estimate of drug-likeness (QED) is 0.595. The van der Waals surface area contributed by atoms with Crippen LogP contribution < -0.4 is 5.73 Å². The van der Waals surface area contributed by atoms with Gasteiger partial charge in [-0.15, -0.1) is 11.8 Å².